The van der Waals surface area contributed by atoms with Crippen molar-refractivity contribution in [2.24, 2.45) is 0 Å². The van der Waals surface area contributed by atoms with Crippen molar-refractivity contribution in [2.75, 3.05) is 12.0 Å². The number of pyridine rings is 1. The van der Waals surface area contributed by atoms with E-state index in [1.807, 2.05) is 30.3 Å². The lowest BCUT2D eigenvalue weighted by molar-refractivity contribution is -0.137. The summed E-state index contributed by atoms with van der Waals surface area (Å²) in [7, 11) is 1.54. The number of anilines is 1. The van der Waals surface area contributed by atoms with Gasteiger partial charge < -0.3 is 9.64 Å². The summed E-state index contributed by atoms with van der Waals surface area (Å²) < 4.78 is 44.4. The molecule has 0 bridgehead atoms. The first kappa shape index (κ1) is 24.8. The van der Waals surface area contributed by atoms with Crippen LogP contribution in [0.25, 0.3) is 0 Å². The van der Waals surface area contributed by atoms with Crippen molar-refractivity contribution < 1.29 is 22.7 Å². The van der Waals surface area contributed by atoms with Crippen molar-refractivity contribution >= 4 is 11.6 Å². The Kier molecular flexibility index (Phi) is 7.15. The van der Waals surface area contributed by atoms with Gasteiger partial charge in [0.15, 0.2) is 0 Å². The molecule has 0 aliphatic heterocycles. The van der Waals surface area contributed by atoms with Crippen LogP contribution in [0.5, 0.6) is 5.88 Å². The van der Waals surface area contributed by atoms with Crippen LogP contribution in [0, 0.1) is 0 Å². The van der Waals surface area contributed by atoms with Crippen LogP contribution in [-0.4, -0.2) is 18.0 Å². The summed E-state index contributed by atoms with van der Waals surface area (Å²) in [4.78, 5) is 20.2. The molecule has 1 atom stereocenters. The number of aryl methyl sites for hydroxylation is 1. The van der Waals surface area contributed by atoms with Gasteiger partial charge in [0.25, 0.3) is 0 Å². The Morgan fingerprint density at radius 2 is 1.74 bits per heavy atom. The van der Waals surface area contributed by atoms with Crippen molar-refractivity contribution in [3.63, 3.8) is 0 Å². The molecule has 1 unspecified atom stereocenters. The third-order valence-electron chi connectivity index (χ3n) is 6.52. The van der Waals surface area contributed by atoms with Crippen LogP contribution < -0.4 is 9.64 Å². The number of fused-ring (bicyclic) bond motifs is 1. The van der Waals surface area contributed by atoms with Crippen molar-refractivity contribution in [2.45, 2.75) is 57.7 Å². The highest BCUT2D eigenvalue weighted by Gasteiger charge is 2.33. The minimum atomic E-state index is -4.41. The highest BCUT2D eigenvalue weighted by molar-refractivity contribution is 5.98. The maximum absolute atomic E-state index is 14.0. The fourth-order valence-corrected chi connectivity index (χ4v) is 4.49. The van der Waals surface area contributed by atoms with Crippen LogP contribution in [-0.2, 0) is 23.9 Å². The number of carbonyl (C=O) groups is 1. The molecular weight excluding hydrogens is 453 g/mol. The van der Waals surface area contributed by atoms with Gasteiger partial charge in [-0.05, 0) is 66.1 Å². The maximum atomic E-state index is 14.0. The van der Waals surface area contributed by atoms with Gasteiger partial charge in [0.05, 0.1) is 30.8 Å². The van der Waals surface area contributed by atoms with Gasteiger partial charge in [-0.1, -0.05) is 44.2 Å². The summed E-state index contributed by atoms with van der Waals surface area (Å²) in [6.07, 6.45) is -2.05. The number of benzene rings is 2. The van der Waals surface area contributed by atoms with Crippen molar-refractivity contribution in [3.05, 3.63) is 88.6 Å². The van der Waals surface area contributed by atoms with Crippen molar-refractivity contribution in [1.82, 2.24) is 4.98 Å². The Morgan fingerprint density at radius 1 is 1.06 bits per heavy atom. The number of amides is 1. The van der Waals surface area contributed by atoms with Crippen LogP contribution >= 0.6 is 0 Å². The summed E-state index contributed by atoms with van der Waals surface area (Å²) in [5, 5.41) is 0. The van der Waals surface area contributed by atoms with E-state index in [9.17, 15) is 18.0 Å². The van der Waals surface area contributed by atoms with Crippen LogP contribution in [0.15, 0.2) is 60.7 Å². The minimum Gasteiger partial charge on any atom is -0.481 e. The van der Waals surface area contributed by atoms with E-state index in [0.29, 0.717) is 29.5 Å². The van der Waals surface area contributed by atoms with E-state index in [0.717, 1.165) is 41.8 Å². The quantitative estimate of drug-likeness (QED) is 0.384. The van der Waals surface area contributed by atoms with Gasteiger partial charge in [0.2, 0.25) is 11.8 Å². The van der Waals surface area contributed by atoms with Gasteiger partial charge in [-0.25, -0.2) is 4.98 Å². The van der Waals surface area contributed by atoms with E-state index in [1.54, 1.807) is 18.1 Å². The van der Waals surface area contributed by atoms with Gasteiger partial charge in [-0.3, -0.25) is 4.79 Å². The normalized spacial score (nSPS) is 15.6. The molecule has 1 aromatic heterocycles. The van der Waals surface area contributed by atoms with E-state index in [-0.39, 0.29) is 12.5 Å². The predicted octanol–water partition coefficient (Wildman–Crippen LogP) is 6.89. The van der Waals surface area contributed by atoms with Crippen LogP contribution in [0.4, 0.5) is 18.9 Å². The Bertz CT molecular complexity index is 1170. The molecule has 35 heavy (non-hydrogen) atoms. The molecule has 0 saturated heterocycles. The van der Waals surface area contributed by atoms with Gasteiger partial charge in [-0.15, -0.1) is 0 Å². The number of hydrogen-bond donors (Lipinski definition) is 0. The highest BCUT2D eigenvalue weighted by Crippen LogP contribution is 2.35. The smallest absolute Gasteiger partial charge is 0.416 e. The standard InChI is InChI=1S/C28H29F3N2O2/c1-18(2)20-9-14-23(15-10-20)33(17-19-7-12-22(13-8-19)28(29,30)31)27(34)24-6-4-5-21-11-16-25(35-3)32-26(21)24/h7-16,18,24H,4-6,17H2,1-3H3. The Morgan fingerprint density at radius 3 is 2.34 bits per heavy atom. The lowest BCUT2D eigenvalue weighted by Crippen LogP contribution is -2.36. The topological polar surface area (TPSA) is 42.4 Å². The third-order valence-corrected chi connectivity index (χ3v) is 6.52. The average molecular weight is 483 g/mol. The lowest BCUT2D eigenvalue weighted by Gasteiger charge is -2.31. The van der Waals surface area contributed by atoms with Gasteiger partial charge in [0.1, 0.15) is 0 Å². The number of ether oxygens (including phenoxy) is 1. The van der Waals surface area contributed by atoms with Crippen molar-refractivity contribution in [3.8, 4) is 5.88 Å². The lowest BCUT2D eigenvalue weighted by atomic mass is 9.85. The Labute approximate surface area is 203 Å². The molecule has 0 radical (unpaired) electrons. The molecule has 0 spiro atoms. The number of alkyl halides is 3. The van der Waals surface area contributed by atoms with Gasteiger partial charge >= 0.3 is 6.18 Å². The predicted molar refractivity (Wildman–Crippen MR) is 130 cm³/mol. The number of methoxy groups -OCH3 is 1. The monoisotopic (exact) mass is 482 g/mol. The van der Waals surface area contributed by atoms with E-state index in [4.69, 9.17) is 4.74 Å². The zero-order valence-corrected chi connectivity index (χ0v) is 20.1. The van der Waals surface area contributed by atoms with Crippen LogP contribution in [0.1, 0.15) is 66.5 Å². The second kappa shape index (κ2) is 10.1. The van der Waals surface area contributed by atoms with Gasteiger partial charge in [0, 0.05) is 11.8 Å². The molecule has 184 valence electrons. The average Bonchev–Trinajstić information content (AvgIpc) is 2.86. The fourth-order valence-electron chi connectivity index (χ4n) is 4.49. The zero-order valence-electron chi connectivity index (χ0n) is 20.1. The molecule has 1 aliphatic carbocycles. The van der Waals surface area contributed by atoms with E-state index < -0.39 is 17.7 Å². The molecule has 7 heteroatoms. The number of nitrogens with zero attached hydrogens (tertiary/aromatic N) is 2. The summed E-state index contributed by atoms with van der Waals surface area (Å²) >= 11 is 0. The molecule has 4 nitrogen and oxygen atoms in total. The van der Waals surface area contributed by atoms with Crippen LogP contribution in [0.2, 0.25) is 0 Å². The first-order chi connectivity index (χ1) is 16.7. The van der Waals surface area contributed by atoms with E-state index in [1.165, 1.54) is 12.1 Å². The highest BCUT2D eigenvalue weighted by atomic mass is 19.4. The molecule has 1 aliphatic rings. The summed E-state index contributed by atoms with van der Waals surface area (Å²) in [6.45, 7) is 4.35. The molecule has 4 rings (SSSR count). The number of halogens is 3. The van der Waals surface area contributed by atoms with Crippen molar-refractivity contribution in [1.29, 1.82) is 0 Å². The molecule has 3 aromatic rings. The van der Waals surface area contributed by atoms with E-state index in [2.05, 4.69) is 18.8 Å². The summed E-state index contributed by atoms with van der Waals surface area (Å²) in [5.41, 5.74) is 3.50. The largest absolute Gasteiger partial charge is 0.481 e. The number of rotatable bonds is 6. The molecule has 1 amide bonds. The number of hydrogen-bond acceptors (Lipinski definition) is 3. The number of carbonyl (C=O) groups excluding carboxylic acids is 1. The molecule has 0 N–H and O–H groups in total. The first-order valence-corrected chi connectivity index (χ1v) is 11.8. The van der Waals surface area contributed by atoms with E-state index >= 15 is 0 Å². The Hall–Kier alpha value is -3.35. The summed E-state index contributed by atoms with van der Waals surface area (Å²) in [6, 6.07) is 16.5. The van der Waals surface area contributed by atoms with Crippen LogP contribution in [0.3, 0.4) is 0 Å². The molecule has 2 aromatic carbocycles. The fraction of sp³-hybridized carbons (Fsp3) is 0.357. The summed E-state index contributed by atoms with van der Waals surface area (Å²) in [5.74, 6) is 0.223. The molecule has 0 saturated carbocycles. The minimum absolute atomic E-state index is 0.121. The molecule has 1 heterocycles. The SMILES string of the molecule is COc1ccc2c(n1)C(C(=O)N(Cc1ccc(C(F)(F)F)cc1)c1ccc(C(C)C)cc1)CCC2. The molecular formula is C28H29F3N2O2. The maximum Gasteiger partial charge on any atom is 0.416 e. The Balaban J connectivity index is 1.70. The first-order valence-electron chi connectivity index (χ1n) is 11.8. The van der Waals surface area contributed by atoms with Gasteiger partial charge in [-0.2, -0.15) is 13.2 Å². The molecule has 0 fully saturated rings. The zero-order chi connectivity index (χ0) is 25.2. The number of aromatic nitrogens is 1. The third kappa shape index (κ3) is 5.50. The second-order valence-electron chi connectivity index (χ2n) is 9.21. The second-order valence-corrected chi connectivity index (χ2v) is 9.21.